The van der Waals surface area contributed by atoms with Crippen LogP contribution in [0.2, 0.25) is 0 Å². The largest absolute Gasteiger partial charge is 0.455 e. The van der Waals surface area contributed by atoms with Crippen LogP contribution in [0.1, 0.15) is 52.7 Å². The minimum absolute atomic E-state index is 0.0367. The molecule has 0 amide bonds. The number of furan rings is 2. The third-order valence-corrected chi connectivity index (χ3v) is 13.4. The second kappa shape index (κ2) is 13.5. The van der Waals surface area contributed by atoms with Crippen LogP contribution in [0.4, 0.5) is 17.1 Å². The molecular formula is C56H45NO2S. The quantitative estimate of drug-likeness (QED) is 0.174. The summed E-state index contributed by atoms with van der Waals surface area (Å²) in [5.74, 6) is 0. The molecule has 3 nitrogen and oxygen atoms in total. The molecule has 3 heterocycles. The first-order valence-corrected chi connectivity index (χ1v) is 21.7. The van der Waals surface area contributed by atoms with E-state index in [1.54, 1.807) is 0 Å². The maximum atomic E-state index is 6.79. The van der Waals surface area contributed by atoms with E-state index >= 15 is 0 Å². The Balaban J connectivity index is 1.04. The predicted octanol–water partition coefficient (Wildman–Crippen LogP) is 17.3. The van der Waals surface area contributed by atoms with Gasteiger partial charge in [-0.25, -0.2) is 0 Å². The number of benzene rings is 8. The molecular weight excluding hydrogens is 751 g/mol. The van der Waals surface area contributed by atoms with Crippen LogP contribution in [0.15, 0.2) is 173 Å². The molecule has 0 saturated carbocycles. The van der Waals surface area contributed by atoms with E-state index in [0.717, 1.165) is 83.2 Å². The van der Waals surface area contributed by atoms with Crippen LogP contribution in [-0.4, -0.2) is 0 Å². The van der Waals surface area contributed by atoms with Crippen molar-refractivity contribution in [2.45, 2.75) is 52.4 Å². The Bertz CT molecular complexity index is 3260. The third-order valence-electron chi connectivity index (χ3n) is 12.2. The second-order valence-electron chi connectivity index (χ2n) is 18.1. The van der Waals surface area contributed by atoms with Gasteiger partial charge < -0.3 is 13.7 Å². The normalized spacial score (nSPS) is 12.5. The Morgan fingerprint density at radius 3 is 1.30 bits per heavy atom. The fourth-order valence-electron chi connectivity index (χ4n) is 9.19. The maximum Gasteiger partial charge on any atom is 0.143 e. The number of hydrogen-bond acceptors (Lipinski definition) is 4. The zero-order valence-corrected chi connectivity index (χ0v) is 35.6. The summed E-state index contributed by atoms with van der Waals surface area (Å²) in [6.45, 7) is 13.5. The lowest BCUT2D eigenvalue weighted by molar-refractivity contribution is 0.572. The van der Waals surface area contributed by atoms with Gasteiger partial charge in [-0.1, -0.05) is 169 Å². The topological polar surface area (TPSA) is 29.5 Å². The molecule has 11 rings (SSSR count). The van der Waals surface area contributed by atoms with Gasteiger partial charge in [0, 0.05) is 70.6 Å². The predicted molar refractivity (Wildman–Crippen MR) is 257 cm³/mol. The highest BCUT2D eigenvalue weighted by Crippen LogP contribution is 2.47. The molecule has 0 fully saturated rings. The number of thiophene rings is 1. The van der Waals surface area contributed by atoms with Crippen molar-refractivity contribution >= 4 is 92.4 Å². The highest BCUT2D eigenvalue weighted by Gasteiger charge is 2.24. The van der Waals surface area contributed by atoms with Crippen molar-refractivity contribution in [3.63, 3.8) is 0 Å². The smallest absolute Gasteiger partial charge is 0.143 e. The Morgan fingerprint density at radius 1 is 0.383 bits per heavy atom. The lowest BCUT2D eigenvalue weighted by Crippen LogP contribution is -2.10. The average Bonchev–Trinajstić information content (AvgIpc) is 3.95. The van der Waals surface area contributed by atoms with Crippen molar-refractivity contribution in [2.75, 3.05) is 4.90 Å². The lowest BCUT2D eigenvalue weighted by atomic mass is 9.86. The highest BCUT2D eigenvalue weighted by atomic mass is 32.1. The molecule has 0 radical (unpaired) electrons. The first-order chi connectivity index (χ1) is 29.0. The van der Waals surface area contributed by atoms with E-state index in [2.05, 4.69) is 210 Å². The summed E-state index contributed by atoms with van der Waals surface area (Å²) in [5.41, 5.74) is 13.9. The molecule has 3 aromatic heterocycles. The number of rotatable bonds is 5. The molecule has 0 unspecified atom stereocenters. The molecule has 0 saturated heterocycles. The zero-order valence-electron chi connectivity index (χ0n) is 34.8. The Morgan fingerprint density at radius 2 is 0.800 bits per heavy atom. The molecule has 0 bridgehead atoms. The molecule has 11 aromatic rings. The standard InChI is InChI=1S/C56H45NO2S/c1-55(2,3)46-22-11-19-43-41-17-9-15-38(50(41)58-52(43)46)34-26-30-36(31-27-34)57(48-24-13-21-45-40-14-7-8-25-49(40)60-54(45)48)37-32-28-35(29-33-37)39-16-10-18-42-44-20-12-23-47(56(4,5)6)53(44)59-51(39)42/h7-33H,1-6H3. The minimum Gasteiger partial charge on any atom is -0.455 e. The van der Waals surface area contributed by atoms with Gasteiger partial charge in [-0.2, -0.15) is 0 Å². The molecule has 0 N–H and O–H groups in total. The molecule has 4 heteroatoms. The van der Waals surface area contributed by atoms with Crippen molar-refractivity contribution in [3.05, 3.63) is 175 Å². The molecule has 8 aromatic carbocycles. The number of fused-ring (bicyclic) bond motifs is 9. The highest BCUT2D eigenvalue weighted by molar-refractivity contribution is 7.26. The number of anilines is 3. The van der Waals surface area contributed by atoms with Crippen molar-refractivity contribution in [3.8, 4) is 22.3 Å². The minimum atomic E-state index is -0.0367. The van der Waals surface area contributed by atoms with E-state index < -0.39 is 0 Å². The maximum absolute atomic E-state index is 6.79. The Hall–Kier alpha value is -6.62. The van der Waals surface area contributed by atoms with E-state index in [0.29, 0.717) is 0 Å². The van der Waals surface area contributed by atoms with Gasteiger partial charge >= 0.3 is 0 Å². The number of para-hydroxylation sites is 4. The molecule has 0 aliphatic carbocycles. The van der Waals surface area contributed by atoms with Crippen molar-refractivity contribution in [2.24, 2.45) is 0 Å². The SMILES string of the molecule is CC(C)(C)c1cccc2c1oc1c(-c3ccc(N(c4ccc(-c5cccc6c5oc5c(C(C)(C)C)cccc56)cc4)c4cccc5c4sc4ccccc45)cc3)cccc12. The summed E-state index contributed by atoms with van der Waals surface area (Å²) in [5, 5.41) is 7.16. The van der Waals surface area contributed by atoms with Gasteiger partial charge in [0.1, 0.15) is 22.3 Å². The number of hydrogen-bond donors (Lipinski definition) is 0. The van der Waals surface area contributed by atoms with Gasteiger partial charge in [-0.05, 0) is 58.4 Å². The number of nitrogens with zero attached hydrogens (tertiary/aromatic N) is 1. The summed E-state index contributed by atoms with van der Waals surface area (Å²) in [4.78, 5) is 2.40. The fraction of sp³-hybridized carbons (Fsp3) is 0.143. The van der Waals surface area contributed by atoms with Gasteiger partial charge in [-0.3, -0.25) is 0 Å². The van der Waals surface area contributed by atoms with Crippen LogP contribution < -0.4 is 4.90 Å². The zero-order chi connectivity index (χ0) is 40.9. The summed E-state index contributed by atoms with van der Waals surface area (Å²) in [7, 11) is 0. The Labute approximate surface area is 354 Å². The summed E-state index contributed by atoms with van der Waals surface area (Å²) in [6.07, 6.45) is 0. The van der Waals surface area contributed by atoms with Crippen LogP contribution in [0.25, 0.3) is 86.3 Å². The van der Waals surface area contributed by atoms with Crippen LogP contribution in [0, 0.1) is 0 Å². The summed E-state index contributed by atoms with van der Waals surface area (Å²) in [6, 6.07) is 59.4. The van der Waals surface area contributed by atoms with Crippen LogP contribution in [0.3, 0.4) is 0 Å². The summed E-state index contributed by atoms with van der Waals surface area (Å²) >= 11 is 1.85. The van der Waals surface area contributed by atoms with Gasteiger partial charge in [0.05, 0.1) is 10.4 Å². The van der Waals surface area contributed by atoms with Crippen molar-refractivity contribution < 1.29 is 8.83 Å². The first kappa shape index (κ1) is 36.5. The van der Waals surface area contributed by atoms with Gasteiger partial charge in [-0.15, -0.1) is 11.3 Å². The van der Waals surface area contributed by atoms with Gasteiger partial charge in [0.25, 0.3) is 0 Å². The van der Waals surface area contributed by atoms with Crippen LogP contribution >= 0.6 is 11.3 Å². The third kappa shape index (κ3) is 5.77. The Kier molecular flexibility index (Phi) is 8.18. The van der Waals surface area contributed by atoms with E-state index in [1.807, 2.05) is 11.3 Å². The monoisotopic (exact) mass is 795 g/mol. The summed E-state index contributed by atoms with van der Waals surface area (Å²) < 4.78 is 16.1. The average molecular weight is 796 g/mol. The van der Waals surface area contributed by atoms with Crippen LogP contribution in [0.5, 0.6) is 0 Å². The van der Waals surface area contributed by atoms with Gasteiger partial charge in [0.15, 0.2) is 0 Å². The molecule has 0 spiro atoms. The van der Waals surface area contributed by atoms with Crippen molar-refractivity contribution in [1.82, 2.24) is 0 Å². The van der Waals surface area contributed by atoms with E-state index in [9.17, 15) is 0 Å². The molecule has 0 atom stereocenters. The molecule has 0 aliphatic rings. The van der Waals surface area contributed by atoms with E-state index in [1.165, 1.54) is 31.3 Å². The first-order valence-electron chi connectivity index (χ1n) is 20.8. The fourth-order valence-corrected chi connectivity index (χ4v) is 10.4. The van der Waals surface area contributed by atoms with Crippen molar-refractivity contribution in [1.29, 1.82) is 0 Å². The van der Waals surface area contributed by atoms with Gasteiger partial charge in [0.2, 0.25) is 0 Å². The molecule has 292 valence electrons. The molecule has 60 heavy (non-hydrogen) atoms. The van der Waals surface area contributed by atoms with E-state index in [4.69, 9.17) is 8.83 Å². The second-order valence-corrected chi connectivity index (χ2v) is 19.2. The molecule has 0 aliphatic heterocycles. The van der Waals surface area contributed by atoms with E-state index in [-0.39, 0.29) is 10.8 Å². The lowest BCUT2D eigenvalue weighted by Gasteiger charge is -2.26. The van der Waals surface area contributed by atoms with Crippen LogP contribution in [-0.2, 0) is 10.8 Å².